The zero-order chi connectivity index (χ0) is 32.8. The van der Waals surface area contributed by atoms with E-state index in [2.05, 4.69) is 189 Å². The number of nitrogens with zero attached hydrogens (tertiary/aromatic N) is 4. The third kappa shape index (κ3) is 4.27. The summed E-state index contributed by atoms with van der Waals surface area (Å²) in [4.78, 5) is 10.5. The van der Waals surface area contributed by atoms with Crippen LogP contribution < -0.4 is 44.6 Å². The monoisotopic (exact) mass is 870 g/mol. The molecule has 50 heavy (non-hydrogen) atoms. The van der Waals surface area contributed by atoms with Crippen LogP contribution >= 0.6 is 0 Å². The Kier molecular flexibility index (Phi) is 6.71. The molecule has 7 aromatic carbocycles. The van der Waals surface area contributed by atoms with Crippen molar-refractivity contribution in [2.75, 3.05) is 19.2 Å². The Bertz CT molecular complexity index is 2290. The fourth-order valence-corrected chi connectivity index (χ4v) is 14.4. The summed E-state index contributed by atoms with van der Waals surface area (Å²) < 4.78 is 5.98. The van der Waals surface area contributed by atoms with Crippen molar-refractivity contribution in [3.63, 3.8) is 0 Å². The summed E-state index contributed by atoms with van der Waals surface area (Å²) in [6.07, 6.45) is 0. The second-order valence-electron chi connectivity index (χ2n) is 12.9. The van der Waals surface area contributed by atoms with E-state index in [-0.39, 0.29) is 14.0 Å². The number of hydrogen-bond acceptors (Lipinski definition) is 4. The Morgan fingerprint density at radius 2 is 0.640 bits per heavy atom. The van der Waals surface area contributed by atoms with Gasteiger partial charge in [-0.05, 0) is 0 Å². The fraction of sp³-hybridized carbons (Fsp3) is 0. The number of hydrogen-bond donors (Lipinski definition) is 0. The standard InChI is InChI=1S/C42H28B2N4Te2/c1-3-15-29(16-4-1)45-35-27-38-36(28-37(35)47-33-21-9-13-25-41(33)49-39-23-11-7-19-31(39)43(45)47)46(30-17-5-2-6-18-30)44-32-20-8-12-24-40(32)50-42-26-14-10-22-34(42)48(38)44/h1-28H. The number of para-hydroxylation sites is 4. The van der Waals surface area contributed by atoms with Gasteiger partial charge >= 0.3 is 316 Å². The fourth-order valence-electron chi connectivity index (χ4n) is 8.20. The molecule has 11 rings (SSSR count). The molecule has 0 unspecified atom stereocenters. The number of benzene rings is 7. The van der Waals surface area contributed by atoms with E-state index in [1.54, 1.807) is 0 Å². The molecule has 0 aliphatic carbocycles. The van der Waals surface area contributed by atoms with Gasteiger partial charge in [0.25, 0.3) is 0 Å². The van der Waals surface area contributed by atoms with Crippen molar-refractivity contribution < 1.29 is 0 Å². The molecule has 0 saturated carbocycles. The van der Waals surface area contributed by atoms with Crippen molar-refractivity contribution in [2.24, 2.45) is 0 Å². The van der Waals surface area contributed by atoms with E-state index in [9.17, 15) is 0 Å². The van der Waals surface area contributed by atoms with Crippen molar-refractivity contribution >= 4 is 127 Å². The van der Waals surface area contributed by atoms with Crippen LogP contribution in [0.15, 0.2) is 170 Å². The molecule has 7 aromatic rings. The van der Waals surface area contributed by atoms with E-state index in [1.807, 2.05) is 0 Å². The topological polar surface area (TPSA) is 13.0 Å². The maximum absolute atomic E-state index is 2.65. The van der Waals surface area contributed by atoms with Crippen LogP contribution in [-0.4, -0.2) is 55.8 Å². The summed E-state index contributed by atoms with van der Waals surface area (Å²) in [5.41, 5.74) is 12.9. The van der Waals surface area contributed by atoms with Crippen LogP contribution in [0.4, 0.5) is 45.5 Å². The van der Waals surface area contributed by atoms with E-state index in [4.69, 9.17) is 0 Å². The van der Waals surface area contributed by atoms with E-state index >= 15 is 0 Å². The molecule has 0 atom stereocenters. The predicted octanol–water partition coefficient (Wildman–Crippen LogP) is 4.99. The van der Waals surface area contributed by atoms with Gasteiger partial charge in [-0.15, -0.1) is 0 Å². The number of fused-ring (bicyclic) bond motifs is 14. The maximum atomic E-state index is 2.65. The molecule has 0 spiro atoms. The summed E-state index contributed by atoms with van der Waals surface area (Å²) in [5.74, 6) is 0. The molecular weight excluding hydrogens is 837 g/mol. The zero-order valence-corrected chi connectivity index (χ0v) is 31.6. The molecule has 8 heteroatoms. The molecule has 234 valence electrons. The molecule has 4 heterocycles. The van der Waals surface area contributed by atoms with Gasteiger partial charge in [0.05, 0.1) is 0 Å². The molecule has 4 aliphatic heterocycles. The van der Waals surface area contributed by atoms with Crippen LogP contribution in [0, 0.1) is 0 Å². The Morgan fingerprint density at radius 1 is 0.300 bits per heavy atom. The van der Waals surface area contributed by atoms with Gasteiger partial charge in [0.2, 0.25) is 0 Å². The van der Waals surface area contributed by atoms with Gasteiger partial charge in [-0.25, -0.2) is 0 Å². The van der Waals surface area contributed by atoms with Gasteiger partial charge in [0.15, 0.2) is 0 Å². The van der Waals surface area contributed by atoms with Gasteiger partial charge < -0.3 is 0 Å². The second-order valence-corrected chi connectivity index (χ2v) is 19.1. The second kappa shape index (κ2) is 11.5. The number of rotatable bonds is 2. The summed E-state index contributed by atoms with van der Waals surface area (Å²) >= 11 is -1.20. The van der Waals surface area contributed by atoms with Crippen molar-refractivity contribution in [1.29, 1.82) is 0 Å². The first-order chi connectivity index (χ1) is 24.8. The van der Waals surface area contributed by atoms with Gasteiger partial charge in [-0.1, -0.05) is 0 Å². The summed E-state index contributed by atoms with van der Waals surface area (Å²) in [6, 6.07) is 63.8. The predicted molar refractivity (Wildman–Crippen MR) is 214 cm³/mol. The van der Waals surface area contributed by atoms with E-state index < -0.39 is 41.8 Å². The van der Waals surface area contributed by atoms with Gasteiger partial charge in [-0.2, -0.15) is 0 Å². The van der Waals surface area contributed by atoms with Crippen molar-refractivity contribution in [3.8, 4) is 0 Å². The number of anilines is 8. The first-order valence-corrected chi connectivity index (χ1v) is 21.7. The minimum atomic E-state index is -0.599. The molecule has 0 bridgehead atoms. The van der Waals surface area contributed by atoms with Crippen LogP contribution in [0.1, 0.15) is 0 Å². The molecule has 0 saturated heterocycles. The first kappa shape index (κ1) is 29.2. The average Bonchev–Trinajstić information content (AvgIpc) is 3.56. The summed E-state index contributed by atoms with van der Waals surface area (Å²) in [6.45, 7) is 0.00913. The van der Waals surface area contributed by atoms with Gasteiger partial charge in [0.1, 0.15) is 0 Å². The third-order valence-corrected chi connectivity index (χ3v) is 16.8. The van der Waals surface area contributed by atoms with Crippen molar-refractivity contribution in [3.05, 3.63) is 170 Å². The molecule has 4 nitrogen and oxygen atoms in total. The average molecular weight is 866 g/mol. The van der Waals surface area contributed by atoms with Crippen LogP contribution in [0.3, 0.4) is 0 Å². The van der Waals surface area contributed by atoms with Crippen LogP contribution in [0.5, 0.6) is 0 Å². The SMILES string of the molecule is c1ccc(N2B3c4ccccc4[Te]c4ccccc4N3c3cc4c(cc32)N2B(c3ccccc3[Te]c3ccccc32)N4c2ccccc2)cc1. The summed E-state index contributed by atoms with van der Waals surface area (Å²) in [7, 11) is 0. The summed E-state index contributed by atoms with van der Waals surface area (Å²) in [5, 5.41) is 0. The van der Waals surface area contributed by atoms with E-state index in [0.717, 1.165) is 0 Å². The Labute approximate surface area is 313 Å². The molecular formula is C42H28B2N4Te2. The van der Waals surface area contributed by atoms with E-state index in [0.29, 0.717) is 0 Å². The molecule has 0 N–H and O–H groups in total. The van der Waals surface area contributed by atoms with Crippen molar-refractivity contribution in [1.82, 2.24) is 0 Å². The Morgan fingerprint density at radius 3 is 1.08 bits per heavy atom. The van der Waals surface area contributed by atoms with E-state index in [1.165, 1.54) is 70.9 Å². The molecule has 0 aromatic heterocycles. The minimum absolute atomic E-state index is 0.00456. The Hall–Kier alpha value is -4.55. The van der Waals surface area contributed by atoms with Crippen molar-refractivity contribution in [2.45, 2.75) is 0 Å². The first-order valence-electron chi connectivity index (χ1n) is 17.0. The molecule has 0 radical (unpaired) electrons. The van der Waals surface area contributed by atoms with Gasteiger partial charge in [-0.3, -0.25) is 0 Å². The molecule has 0 amide bonds. The van der Waals surface area contributed by atoms with Crippen LogP contribution in [0.25, 0.3) is 0 Å². The Balaban J connectivity index is 1.24. The van der Waals surface area contributed by atoms with Crippen LogP contribution in [-0.2, 0) is 0 Å². The molecule has 0 fully saturated rings. The normalized spacial score (nSPS) is 14.8. The molecule has 4 aliphatic rings. The van der Waals surface area contributed by atoms with Gasteiger partial charge in [0, 0.05) is 0 Å². The quantitative estimate of drug-likeness (QED) is 0.228. The third-order valence-electron chi connectivity index (χ3n) is 10.2. The zero-order valence-electron chi connectivity index (χ0n) is 26.9. The van der Waals surface area contributed by atoms with Crippen LogP contribution in [0.2, 0.25) is 0 Å².